The van der Waals surface area contributed by atoms with Crippen molar-refractivity contribution in [2.75, 3.05) is 0 Å². The molecular weight excluding hydrogens is 396 g/mol. The smallest absolute Gasteiger partial charge is 0.372 e. The van der Waals surface area contributed by atoms with Crippen molar-refractivity contribution in [3.05, 3.63) is 0 Å². The van der Waals surface area contributed by atoms with Crippen LogP contribution in [-0.2, 0) is 25.6 Å². The van der Waals surface area contributed by atoms with Crippen molar-refractivity contribution in [1.29, 1.82) is 0 Å². The maximum Gasteiger partial charge on any atom is 0.486 e. The lowest BCUT2D eigenvalue weighted by atomic mass is 10.5. The molecule has 162 valence electrons. The molecule has 0 aromatic heterocycles. The topological polar surface area (TPSA) is 55.4 Å². The zero-order chi connectivity index (χ0) is 20.7. The van der Waals surface area contributed by atoms with Gasteiger partial charge in [-0.3, -0.25) is 0 Å². The maximum absolute atomic E-state index is 6.69. The summed E-state index contributed by atoms with van der Waals surface area (Å²) < 4.78 is 39.3. The van der Waals surface area contributed by atoms with Crippen molar-refractivity contribution >= 4 is 26.4 Å². The molecule has 27 heavy (non-hydrogen) atoms. The highest BCUT2D eigenvalue weighted by Gasteiger charge is 2.67. The Morgan fingerprint density at radius 3 is 0.889 bits per heavy atom. The Balaban J connectivity index is 3.45. The van der Waals surface area contributed by atoms with E-state index in [1.54, 1.807) is 0 Å². The third-order valence-corrected chi connectivity index (χ3v) is 17.1. The van der Waals surface area contributed by atoms with E-state index in [9.17, 15) is 0 Å². The van der Waals surface area contributed by atoms with Gasteiger partial charge in [0.2, 0.25) is 0 Å². The largest absolute Gasteiger partial charge is 0.486 e. The van der Waals surface area contributed by atoms with Gasteiger partial charge in [0.1, 0.15) is 0 Å². The Kier molecular flexibility index (Phi) is 10.3. The van der Waals surface area contributed by atoms with Crippen molar-refractivity contribution in [3.8, 4) is 0 Å². The molecule has 1 fully saturated rings. The standard InChI is InChI=1S/C18H42O6Si3/c1-10-13-25(19-16(4)5)22-26(14-11-2,20-17(6)7)24-27(23-25,15-12-3)21-18(8)9/h16-18H,10-15H2,1-9H3. The summed E-state index contributed by atoms with van der Waals surface area (Å²) in [6.07, 6.45) is 2.82. The predicted octanol–water partition coefficient (Wildman–Crippen LogP) is 5.37. The van der Waals surface area contributed by atoms with Gasteiger partial charge in [0.15, 0.2) is 0 Å². The Labute approximate surface area is 170 Å². The molecule has 0 spiro atoms. The van der Waals surface area contributed by atoms with Gasteiger partial charge in [-0.2, -0.15) is 0 Å². The van der Waals surface area contributed by atoms with Crippen molar-refractivity contribution in [2.45, 2.75) is 118 Å². The van der Waals surface area contributed by atoms with E-state index in [1.807, 2.05) is 41.5 Å². The Morgan fingerprint density at radius 1 is 0.519 bits per heavy atom. The second-order valence-electron chi connectivity index (χ2n) is 8.11. The van der Waals surface area contributed by atoms with Crippen LogP contribution in [0.2, 0.25) is 18.1 Å². The molecule has 0 radical (unpaired) electrons. The van der Waals surface area contributed by atoms with E-state index in [1.165, 1.54) is 0 Å². The highest BCUT2D eigenvalue weighted by molar-refractivity contribution is 6.89. The second kappa shape index (κ2) is 11.0. The lowest BCUT2D eigenvalue weighted by molar-refractivity contribution is -0.0135. The van der Waals surface area contributed by atoms with Crippen LogP contribution in [0.3, 0.4) is 0 Å². The van der Waals surface area contributed by atoms with Crippen LogP contribution in [0.5, 0.6) is 0 Å². The first kappa shape index (κ1) is 25.4. The quantitative estimate of drug-likeness (QED) is 0.382. The van der Waals surface area contributed by atoms with Gasteiger partial charge in [0, 0.05) is 36.4 Å². The van der Waals surface area contributed by atoms with Crippen LogP contribution in [0.4, 0.5) is 0 Å². The van der Waals surface area contributed by atoms with E-state index >= 15 is 0 Å². The maximum atomic E-state index is 6.69. The first-order chi connectivity index (χ1) is 12.6. The fourth-order valence-corrected chi connectivity index (χ4v) is 18.7. The Hall–Kier alpha value is 0.411. The molecule has 0 aromatic carbocycles. The highest BCUT2D eigenvalue weighted by atomic mass is 28.5. The molecule has 0 saturated carbocycles. The normalized spacial score (nSPS) is 32.0. The average molecular weight is 439 g/mol. The lowest BCUT2D eigenvalue weighted by Crippen LogP contribution is -2.74. The second-order valence-corrected chi connectivity index (χ2v) is 16.9. The van der Waals surface area contributed by atoms with E-state index in [0.717, 1.165) is 37.4 Å². The van der Waals surface area contributed by atoms with Gasteiger partial charge >= 0.3 is 26.4 Å². The third kappa shape index (κ3) is 7.63. The summed E-state index contributed by atoms with van der Waals surface area (Å²) in [5.74, 6) is 0. The van der Waals surface area contributed by atoms with Gasteiger partial charge in [0.25, 0.3) is 0 Å². The lowest BCUT2D eigenvalue weighted by Gasteiger charge is -2.51. The molecule has 1 aliphatic heterocycles. The zero-order valence-electron chi connectivity index (χ0n) is 18.9. The predicted molar refractivity (Wildman–Crippen MR) is 114 cm³/mol. The number of rotatable bonds is 12. The summed E-state index contributed by atoms with van der Waals surface area (Å²) in [6, 6.07) is 2.27. The summed E-state index contributed by atoms with van der Waals surface area (Å²) in [4.78, 5) is 0. The van der Waals surface area contributed by atoms with Crippen molar-refractivity contribution < 1.29 is 25.6 Å². The van der Waals surface area contributed by atoms with Crippen LogP contribution in [-0.4, -0.2) is 44.7 Å². The summed E-state index contributed by atoms with van der Waals surface area (Å²) in [5, 5.41) is 0. The average Bonchev–Trinajstić information content (AvgIpc) is 2.43. The number of hydrogen-bond acceptors (Lipinski definition) is 6. The van der Waals surface area contributed by atoms with Gasteiger partial charge in [0.05, 0.1) is 0 Å². The van der Waals surface area contributed by atoms with Gasteiger partial charge in [-0.05, 0) is 41.5 Å². The SMILES string of the molecule is CCC[Si]1(OC(C)C)O[Si](CCC)(OC(C)C)O[Si](CCC)(OC(C)C)O1. The molecule has 0 aliphatic carbocycles. The molecule has 0 unspecified atom stereocenters. The van der Waals surface area contributed by atoms with Crippen molar-refractivity contribution in [3.63, 3.8) is 0 Å². The minimum atomic E-state index is -2.98. The fraction of sp³-hybridized carbons (Fsp3) is 1.00. The molecule has 1 heterocycles. The van der Waals surface area contributed by atoms with E-state index in [4.69, 9.17) is 25.6 Å². The van der Waals surface area contributed by atoms with E-state index in [2.05, 4.69) is 20.8 Å². The Bertz CT molecular complexity index is 366. The monoisotopic (exact) mass is 438 g/mol. The summed E-state index contributed by atoms with van der Waals surface area (Å²) in [7, 11) is -8.93. The summed E-state index contributed by atoms with van der Waals surface area (Å²) in [5.41, 5.74) is 0. The molecule has 0 amide bonds. The van der Waals surface area contributed by atoms with E-state index in [-0.39, 0.29) is 18.3 Å². The number of hydrogen-bond donors (Lipinski definition) is 0. The highest BCUT2D eigenvalue weighted by Crippen LogP contribution is 2.41. The molecule has 0 aromatic rings. The molecule has 9 heteroatoms. The zero-order valence-corrected chi connectivity index (χ0v) is 21.9. The molecule has 0 bridgehead atoms. The fourth-order valence-electron chi connectivity index (χ4n) is 3.40. The van der Waals surface area contributed by atoms with Gasteiger partial charge in [-0.15, -0.1) is 0 Å². The first-order valence-corrected chi connectivity index (χ1v) is 16.5. The molecule has 6 nitrogen and oxygen atoms in total. The Morgan fingerprint density at radius 2 is 0.741 bits per heavy atom. The molecule has 0 N–H and O–H groups in total. The van der Waals surface area contributed by atoms with E-state index in [0.29, 0.717) is 0 Å². The molecular formula is C18H42O6Si3. The van der Waals surface area contributed by atoms with Crippen molar-refractivity contribution in [2.24, 2.45) is 0 Å². The minimum Gasteiger partial charge on any atom is -0.372 e. The van der Waals surface area contributed by atoms with E-state index < -0.39 is 26.4 Å². The van der Waals surface area contributed by atoms with Crippen LogP contribution in [0.1, 0.15) is 81.6 Å². The van der Waals surface area contributed by atoms with Crippen LogP contribution >= 0.6 is 0 Å². The van der Waals surface area contributed by atoms with Gasteiger partial charge < -0.3 is 25.6 Å². The van der Waals surface area contributed by atoms with Crippen LogP contribution in [0.25, 0.3) is 0 Å². The summed E-state index contributed by atoms with van der Waals surface area (Å²) >= 11 is 0. The van der Waals surface area contributed by atoms with Crippen LogP contribution in [0.15, 0.2) is 0 Å². The minimum absolute atomic E-state index is 0.0149. The molecule has 0 atom stereocenters. The van der Waals surface area contributed by atoms with Gasteiger partial charge in [-0.25, -0.2) is 0 Å². The third-order valence-electron chi connectivity index (χ3n) is 3.85. The van der Waals surface area contributed by atoms with Crippen LogP contribution in [0, 0.1) is 0 Å². The van der Waals surface area contributed by atoms with Crippen LogP contribution < -0.4 is 0 Å². The molecule has 1 aliphatic rings. The first-order valence-electron chi connectivity index (χ1n) is 10.7. The molecule has 1 saturated heterocycles. The summed E-state index contributed by atoms with van der Waals surface area (Å²) in [6.45, 7) is 18.6. The molecule has 1 rings (SSSR count). The van der Waals surface area contributed by atoms with Gasteiger partial charge in [-0.1, -0.05) is 40.0 Å². The van der Waals surface area contributed by atoms with Crippen molar-refractivity contribution in [1.82, 2.24) is 0 Å².